The summed E-state index contributed by atoms with van der Waals surface area (Å²) in [7, 11) is 0. The Kier molecular flexibility index (Phi) is 2.48. The lowest BCUT2D eigenvalue weighted by atomic mass is 10.0. The summed E-state index contributed by atoms with van der Waals surface area (Å²) in [6.45, 7) is 6.18. The van der Waals surface area contributed by atoms with Gasteiger partial charge in [0.1, 0.15) is 0 Å². The Bertz CT molecular complexity index is 269. The summed E-state index contributed by atoms with van der Waals surface area (Å²) >= 11 is 0. The maximum Gasteiger partial charge on any atom is -0.0222 e. The first-order chi connectivity index (χ1) is 5.25. The third-order valence-corrected chi connectivity index (χ3v) is 1.95. The first-order valence-electron chi connectivity index (χ1n) is 3.82. The minimum Gasteiger partial charge on any atom is -0.0614 e. The maximum atomic E-state index is 3.03. The van der Waals surface area contributed by atoms with Crippen LogP contribution in [0.4, 0.5) is 0 Å². The van der Waals surface area contributed by atoms with E-state index in [9.17, 15) is 0 Å². The molecule has 0 heterocycles. The summed E-state index contributed by atoms with van der Waals surface area (Å²) in [6, 6.07) is 6.31. The highest BCUT2D eigenvalue weighted by atomic mass is 14.0. The van der Waals surface area contributed by atoms with Gasteiger partial charge in [0, 0.05) is 0 Å². The van der Waals surface area contributed by atoms with Gasteiger partial charge in [0.15, 0.2) is 0 Å². The molecule has 0 aliphatic heterocycles. The van der Waals surface area contributed by atoms with E-state index in [1.807, 2.05) is 13.0 Å². The van der Waals surface area contributed by atoms with Crippen LogP contribution in [-0.2, 0) is 0 Å². The van der Waals surface area contributed by atoms with E-state index in [0.29, 0.717) is 0 Å². The number of hydrogen-bond donors (Lipinski definition) is 0. The molecule has 0 nitrogen and oxygen atoms in total. The van der Waals surface area contributed by atoms with Crippen LogP contribution in [0.15, 0.2) is 18.2 Å². The molecule has 0 aliphatic carbocycles. The molecule has 0 aromatic heterocycles. The summed E-state index contributed by atoms with van der Waals surface area (Å²) < 4.78 is 0. The van der Waals surface area contributed by atoms with Crippen LogP contribution in [0.3, 0.4) is 0 Å². The van der Waals surface area contributed by atoms with Crippen molar-refractivity contribution in [1.82, 2.24) is 0 Å². The lowest BCUT2D eigenvalue weighted by molar-refractivity contribution is 1.32. The average Bonchev–Trinajstić information content (AvgIpc) is 1.99. The van der Waals surface area contributed by atoms with Crippen molar-refractivity contribution >= 4 is 6.08 Å². The van der Waals surface area contributed by atoms with Crippen LogP contribution < -0.4 is 0 Å². The van der Waals surface area contributed by atoms with Crippen molar-refractivity contribution in [2.75, 3.05) is 0 Å². The van der Waals surface area contributed by atoms with Gasteiger partial charge in [-0.2, -0.15) is 0 Å². The standard InChI is InChI=1S/C11H13/c1-4-6-11-8-5-7-9(2)10(11)3/h5-8H,1-3H3. The Morgan fingerprint density at radius 3 is 2.64 bits per heavy atom. The average molecular weight is 145 g/mol. The van der Waals surface area contributed by atoms with E-state index in [1.165, 1.54) is 16.7 Å². The van der Waals surface area contributed by atoms with Crippen LogP contribution in [0.1, 0.15) is 23.6 Å². The zero-order chi connectivity index (χ0) is 8.27. The molecule has 0 saturated carbocycles. The summed E-state index contributed by atoms with van der Waals surface area (Å²) in [5.74, 6) is 0. The molecule has 1 aromatic carbocycles. The largest absolute Gasteiger partial charge is 0.0614 e. The quantitative estimate of drug-likeness (QED) is 0.569. The molecular formula is C11H13. The topological polar surface area (TPSA) is 0 Å². The highest BCUT2D eigenvalue weighted by molar-refractivity contribution is 5.53. The summed E-state index contributed by atoms with van der Waals surface area (Å²) in [5.41, 5.74) is 3.96. The SMILES string of the molecule is C[C]=Cc1cccc(C)c1C. The van der Waals surface area contributed by atoms with Gasteiger partial charge in [0.2, 0.25) is 0 Å². The molecule has 0 atom stereocenters. The molecule has 0 N–H and O–H groups in total. The van der Waals surface area contributed by atoms with Crippen LogP contribution in [0, 0.1) is 19.9 Å². The first-order valence-corrected chi connectivity index (χ1v) is 3.82. The molecule has 0 bridgehead atoms. The van der Waals surface area contributed by atoms with Crippen molar-refractivity contribution in [2.45, 2.75) is 20.8 Å². The van der Waals surface area contributed by atoms with Crippen LogP contribution in [0.5, 0.6) is 0 Å². The van der Waals surface area contributed by atoms with Crippen molar-refractivity contribution in [1.29, 1.82) is 0 Å². The van der Waals surface area contributed by atoms with Gasteiger partial charge in [-0.15, -0.1) is 0 Å². The summed E-state index contributed by atoms with van der Waals surface area (Å²) in [4.78, 5) is 0. The smallest absolute Gasteiger partial charge is 0.0222 e. The molecule has 0 heteroatoms. The molecule has 1 rings (SSSR count). The lowest BCUT2D eigenvalue weighted by Crippen LogP contribution is -1.83. The van der Waals surface area contributed by atoms with E-state index in [4.69, 9.17) is 0 Å². The second kappa shape index (κ2) is 3.38. The molecule has 0 saturated heterocycles. The van der Waals surface area contributed by atoms with Crippen LogP contribution >= 0.6 is 0 Å². The van der Waals surface area contributed by atoms with Gasteiger partial charge in [-0.05, 0) is 43.5 Å². The van der Waals surface area contributed by atoms with Crippen molar-refractivity contribution in [3.05, 3.63) is 41.0 Å². The Morgan fingerprint density at radius 1 is 1.27 bits per heavy atom. The second-order valence-electron chi connectivity index (χ2n) is 2.72. The first kappa shape index (κ1) is 8.06. The van der Waals surface area contributed by atoms with E-state index >= 15 is 0 Å². The Balaban J connectivity index is 3.16. The maximum absolute atomic E-state index is 3.03. The highest BCUT2D eigenvalue weighted by Crippen LogP contribution is 2.13. The molecule has 1 aromatic rings. The van der Waals surface area contributed by atoms with Gasteiger partial charge in [-0.25, -0.2) is 0 Å². The lowest BCUT2D eigenvalue weighted by Gasteiger charge is -2.02. The van der Waals surface area contributed by atoms with Gasteiger partial charge >= 0.3 is 0 Å². The molecule has 0 aliphatic rings. The highest BCUT2D eigenvalue weighted by Gasteiger charge is 1.94. The monoisotopic (exact) mass is 145 g/mol. The van der Waals surface area contributed by atoms with Crippen molar-refractivity contribution in [3.8, 4) is 0 Å². The second-order valence-corrected chi connectivity index (χ2v) is 2.72. The van der Waals surface area contributed by atoms with Gasteiger partial charge in [0.05, 0.1) is 0 Å². The Labute approximate surface area is 68.6 Å². The van der Waals surface area contributed by atoms with E-state index < -0.39 is 0 Å². The van der Waals surface area contributed by atoms with Crippen LogP contribution in [-0.4, -0.2) is 0 Å². The molecule has 0 amide bonds. The van der Waals surface area contributed by atoms with E-state index in [1.54, 1.807) is 0 Å². The number of aryl methyl sites for hydroxylation is 1. The molecular weight excluding hydrogens is 132 g/mol. The molecule has 0 spiro atoms. The molecule has 0 fully saturated rings. The molecule has 1 radical (unpaired) electrons. The number of hydrogen-bond acceptors (Lipinski definition) is 0. The van der Waals surface area contributed by atoms with Crippen LogP contribution in [0.2, 0.25) is 0 Å². The predicted molar refractivity (Wildman–Crippen MR) is 49.3 cm³/mol. The van der Waals surface area contributed by atoms with Gasteiger partial charge in [-0.3, -0.25) is 0 Å². The number of rotatable bonds is 1. The van der Waals surface area contributed by atoms with Gasteiger partial charge in [0.25, 0.3) is 0 Å². The van der Waals surface area contributed by atoms with Crippen molar-refractivity contribution in [3.63, 3.8) is 0 Å². The normalized spacial score (nSPS) is 10.8. The zero-order valence-electron chi connectivity index (χ0n) is 7.31. The molecule has 11 heavy (non-hydrogen) atoms. The Hall–Kier alpha value is -1.04. The molecule has 57 valence electrons. The van der Waals surface area contributed by atoms with E-state index in [0.717, 1.165) is 0 Å². The van der Waals surface area contributed by atoms with E-state index in [2.05, 4.69) is 38.1 Å². The van der Waals surface area contributed by atoms with Gasteiger partial charge in [-0.1, -0.05) is 24.3 Å². The molecule has 0 unspecified atom stereocenters. The Morgan fingerprint density at radius 2 is 2.00 bits per heavy atom. The number of benzene rings is 1. The van der Waals surface area contributed by atoms with E-state index in [-0.39, 0.29) is 0 Å². The van der Waals surface area contributed by atoms with Crippen molar-refractivity contribution < 1.29 is 0 Å². The fourth-order valence-corrected chi connectivity index (χ4v) is 1.09. The minimum absolute atomic E-state index is 1.27. The number of allylic oxidation sites excluding steroid dienone is 1. The predicted octanol–water partition coefficient (Wildman–Crippen LogP) is 3.14. The zero-order valence-corrected chi connectivity index (χ0v) is 7.31. The summed E-state index contributed by atoms with van der Waals surface area (Å²) in [6.07, 6.45) is 5.04. The minimum atomic E-state index is 1.27. The van der Waals surface area contributed by atoms with Gasteiger partial charge < -0.3 is 0 Å². The fraction of sp³-hybridized carbons (Fsp3) is 0.273. The fourth-order valence-electron chi connectivity index (χ4n) is 1.09. The third kappa shape index (κ3) is 1.70. The van der Waals surface area contributed by atoms with Crippen molar-refractivity contribution in [2.24, 2.45) is 0 Å². The summed E-state index contributed by atoms with van der Waals surface area (Å²) in [5, 5.41) is 0. The van der Waals surface area contributed by atoms with Crippen LogP contribution in [0.25, 0.3) is 6.08 Å². The third-order valence-electron chi connectivity index (χ3n) is 1.95.